The fourth-order valence-corrected chi connectivity index (χ4v) is 3.50. The van der Waals surface area contributed by atoms with E-state index in [9.17, 15) is 0 Å². The maximum absolute atomic E-state index is 5.51. The molecule has 0 radical (unpaired) electrons. The number of rotatable bonds is 6. The molecule has 0 aliphatic heterocycles. The van der Waals surface area contributed by atoms with Crippen LogP contribution < -0.4 is 9.47 Å². The number of benzene rings is 1. The molecule has 20 heavy (non-hydrogen) atoms. The molecule has 1 saturated carbocycles. The fourth-order valence-electron chi connectivity index (χ4n) is 3.50. The maximum atomic E-state index is 5.51. The van der Waals surface area contributed by atoms with E-state index in [1.807, 2.05) is 12.1 Å². The second-order valence-corrected chi connectivity index (χ2v) is 6.26. The van der Waals surface area contributed by atoms with Gasteiger partial charge in [-0.3, -0.25) is 0 Å². The van der Waals surface area contributed by atoms with Crippen LogP contribution in [0.2, 0.25) is 0 Å². The fraction of sp³-hybridized carbons (Fsp3) is 0.667. The second kappa shape index (κ2) is 7.01. The zero-order chi connectivity index (χ0) is 14.5. The van der Waals surface area contributed by atoms with Gasteiger partial charge in [-0.15, -0.1) is 0 Å². The smallest absolute Gasteiger partial charge is 0.125 e. The zero-order valence-electron chi connectivity index (χ0n) is 13.3. The predicted octanol–water partition coefficient (Wildman–Crippen LogP) is 4.71. The van der Waals surface area contributed by atoms with Gasteiger partial charge in [-0.05, 0) is 35.8 Å². The molecule has 112 valence electrons. The Labute approximate surface area is 123 Å². The molecule has 0 amide bonds. The molecule has 0 bridgehead atoms. The van der Waals surface area contributed by atoms with Crippen molar-refractivity contribution >= 4 is 0 Å². The third-order valence-corrected chi connectivity index (χ3v) is 5.08. The minimum absolute atomic E-state index is 0.695. The quantitative estimate of drug-likeness (QED) is 0.749. The highest BCUT2D eigenvalue weighted by atomic mass is 16.5. The van der Waals surface area contributed by atoms with E-state index < -0.39 is 0 Å². The van der Waals surface area contributed by atoms with E-state index in [4.69, 9.17) is 9.47 Å². The van der Waals surface area contributed by atoms with Gasteiger partial charge in [0.1, 0.15) is 11.5 Å². The molecule has 2 unspecified atom stereocenters. The van der Waals surface area contributed by atoms with Crippen molar-refractivity contribution in [3.05, 3.63) is 23.8 Å². The lowest BCUT2D eigenvalue weighted by atomic mass is 9.80. The third kappa shape index (κ3) is 3.47. The second-order valence-electron chi connectivity index (χ2n) is 6.26. The van der Waals surface area contributed by atoms with Crippen LogP contribution >= 0.6 is 0 Å². The summed E-state index contributed by atoms with van der Waals surface area (Å²) in [5.41, 5.74) is 1.30. The Balaban J connectivity index is 2.04. The van der Waals surface area contributed by atoms with Crippen molar-refractivity contribution in [2.24, 2.45) is 17.8 Å². The van der Waals surface area contributed by atoms with E-state index in [-0.39, 0.29) is 0 Å². The van der Waals surface area contributed by atoms with Gasteiger partial charge in [-0.1, -0.05) is 45.6 Å². The molecule has 0 aromatic heterocycles. The molecule has 2 rings (SSSR count). The molecule has 2 nitrogen and oxygen atoms in total. The summed E-state index contributed by atoms with van der Waals surface area (Å²) in [6.45, 7) is 4.81. The maximum Gasteiger partial charge on any atom is 0.125 e. The summed E-state index contributed by atoms with van der Waals surface area (Å²) in [6, 6.07) is 6.17. The van der Waals surface area contributed by atoms with E-state index in [2.05, 4.69) is 19.9 Å². The molecule has 1 aliphatic carbocycles. The van der Waals surface area contributed by atoms with Gasteiger partial charge in [-0.2, -0.15) is 0 Å². The SMILES string of the molecule is COc1ccc(CC(C)C(C)C2CCCC2)c(OC)c1. The van der Waals surface area contributed by atoms with Crippen molar-refractivity contribution < 1.29 is 9.47 Å². The highest BCUT2D eigenvalue weighted by Crippen LogP contribution is 2.37. The van der Waals surface area contributed by atoms with Crippen molar-refractivity contribution in [2.45, 2.75) is 46.0 Å². The molecule has 0 spiro atoms. The Morgan fingerprint density at radius 2 is 1.80 bits per heavy atom. The zero-order valence-corrected chi connectivity index (χ0v) is 13.3. The first-order valence-corrected chi connectivity index (χ1v) is 7.86. The Morgan fingerprint density at radius 3 is 2.40 bits per heavy atom. The first-order valence-electron chi connectivity index (χ1n) is 7.86. The summed E-state index contributed by atoms with van der Waals surface area (Å²) in [7, 11) is 3.43. The van der Waals surface area contributed by atoms with E-state index in [1.54, 1.807) is 14.2 Å². The minimum Gasteiger partial charge on any atom is -0.497 e. The van der Waals surface area contributed by atoms with Crippen LogP contribution in [0.25, 0.3) is 0 Å². The van der Waals surface area contributed by atoms with Crippen LogP contribution in [0.3, 0.4) is 0 Å². The standard InChI is InChI=1S/C18H28O2/c1-13(14(2)15-7-5-6-8-15)11-16-9-10-17(19-3)12-18(16)20-4/h9-10,12-15H,5-8,11H2,1-4H3. The molecular formula is C18H28O2. The normalized spacial score (nSPS) is 18.8. The van der Waals surface area contributed by atoms with E-state index in [0.717, 1.165) is 29.8 Å². The third-order valence-electron chi connectivity index (χ3n) is 5.08. The van der Waals surface area contributed by atoms with Gasteiger partial charge in [0.2, 0.25) is 0 Å². The van der Waals surface area contributed by atoms with Crippen LogP contribution in [0.5, 0.6) is 11.5 Å². The van der Waals surface area contributed by atoms with Crippen LogP contribution in [-0.2, 0) is 6.42 Å². The molecule has 1 fully saturated rings. The van der Waals surface area contributed by atoms with Gasteiger partial charge in [0.05, 0.1) is 14.2 Å². The van der Waals surface area contributed by atoms with Gasteiger partial charge in [0.15, 0.2) is 0 Å². The molecule has 0 N–H and O–H groups in total. The van der Waals surface area contributed by atoms with Crippen molar-refractivity contribution in [2.75, 3.05) is 14.2 Å². The topological polar surface area (TPSA) is 18.5 Å². The molecule has 0 saturated heterocycles. The first kappa shape index (κ1) is 15.2. The minimum atomic E-state index is 0.695. The molecule has 1 aromatic carbocycles. The van der Waals surface area contributed by atoms with Gasteiger partial charge in [-0.25, -0.2) is 0 Å². The summed E-state index contributed by atoms with van der Waals surface area (Å²) in [4.78, 5) is 0. The summed E-state index contributed by atoms with van der Waals surface area (Å²) in [6.07, 6.45) is 6.78. The lowest BCUT2D eigenvalue weighted by molar-refractivity contribution is 0.262. The van der Waals surface area contributed by atoms with Gasteiger partial charge in [0, 0.05) is 6.07 Å². The summed E-state index contributed by atoms with van der Waals surface area (Å²) >= 11 is 0. The lowest BCUT2D eigenvalue weighted by Crippen LogP contribution is -2.18. The van der Waals surface area contributed by atoms with Gasteiger partial charge in [0.25, 0.3) is 0 Å². The molecule has 2 atom stereocenters. The summed E-state index contributed by atoms with van der Waals surface area (Å²) in [5, 5.41) is 0. The van der Waals surface area contributed by atoms with Crippen molar-refractivity contribution in [1.29, 1.82) is 0 Å². The molecular weight excluding hydrogens is 248 g/mol. The summed E-state index contributed by atoms with van der Waals surface area (Å²) in [5.74, 6) is 4.23. The Bertz CT molecular complexity index is 421. The molecule has 1 aromatic rings. The molecule has 0 heterocycles. The highest BCUT2D eigenvalue weighted by molar-refractivity contribution is 5.41. The number of methoxy groups -OCH3 is 2. The number of hydrogen-bond acceptors (Lipinski definition) is 2. The van der Waals surface area contributed by atoms with E-state index >= 15 is 0 Å². The van der Waals surface area contributed by atoms with Crippen LogP contribution in [0.15, 0.2) is 18.2 Å². The predicted molar refractivity (Wildman–Crippen MR) is 83.5 cm³/mol. The van der Waals surface area contributed by atoms with Crippen LogP contribution in [0, 0.1) is 17.8 Å². The monoisotopic (exact) mass is 276 g/mol. The Kier molecular flexibility index (Phi) is 5.33. The van der Waals surface area contributed by atoms with E-state index in [0.29, 0.717) is 5.92 Å². The number of ether oxygens (including phenoxy) is 2. The highest BCUT2D eigenvalue weighted by Gasteiger charge is 2.26. The lowest BCUT2D eigenvalue weighted by Gasteiger charge is -2.26. The van der Waals surface area contributed by atoms with E-state index in [1.165, 1.54) is 31.2 Å². The number of hydrogen-bond donors (Lipinski definition) is 0. The molecule has 2 heteroatoms. The first-order chi connectivity index (χ1) is 9.65. The van der Waals surface area contributed by atoms with Crippen LogP contribution in [-0.4, -0.2) is 14.2 Å². The van der Waals surface area contributed by atoms with Crippen LogP contribution in [0.4, 0.5) is 0 Å². The Hall–Kier alpha value is -1.18. The largest absolute Gasteiger partial charge is 0.497 e. The average Bonchev–Trinajstić information content (AvgIpc) is 3.00. The summed E-state index contributed by atoms with van der Waals surface area (Å²) < 4.78 is 10.8. The molecule has 1 aliphatic rings. The Morgan fingerprint density at radius 1 is 1.10 bits per heavy atom. The van der Waals surface area contributed by atoms with Crippen molar-refractivity contribution in [3.8, 4) is 11.5 Å². The van der Waals surface area contributed by atoms with Crippen molar-refractivity contribution in [1.82, 2.24) is 0 Å². The van der Waals surface area contributed by atoms with Gasteiger partial charge >= 0.3 is 0 Å². The van der Waals surface area contributed by atoms with Crippen LogP contribution in [0.1, 0.15) is 45.1 Å². The van der Waals surface area contributed by atoms with Gasteiger partial charge < -0.3 is 9.47 Å². The van der Waals surface area contributed by atoms with Crippen molar-refractivity contribution in [3.63, 3.8) is 0 Å². The average molecular weight is 276 g/mol.